The molecule has 0 saturated carbocycles. The van der Waals surface area contributed by atoms with Crippen LogP contribution in [0.25, 0.3) is 5.69 Å². The topological polar surface area (TPSA) is 57.0 Å². The van der Waals surface area contributed by atoms with Crippen molar-refractivity contribution in [1.29, 1.82) is 0 Å². The van der Waals surface area contributed by atoms with Crippen molar-refractivity contribution in [3.8, 4) is 5.69 Å². The van der Waals surface area contributed by atoms with Gasteiger partial charge in [0.25, 0.3) is 0 Å². The zero-order chi connectivity index (χ0) is 17.2. The lowest BCUT2D eigenvalue weighted by molar-refractivity contribution is -0.137. The molecule has 2 rings (SSSR count). The lowest BCUT2D eigenvalue weighted by atomic mass is 10.1. The van der Waals surface area contributed by atoms with Crippen LogP contribution >= 0.6 is 0 Å². The lowest BCUT2D eigenvalue weighted by Gasteiger charge is -2.12. The first-order valence-corrected chi connectivity index (χ1v) is 7.06. The molecule has 0 aliphatic rings. The molecule has 2 aromatic rings. The molecule has 0 aliphatic heterocycles. The predicted molar refractivity (Wildman–Crippen MR) is 76.4 cm³/mol. The maximum absolute atomic E-state index is 12.6. The van der Waals surface area contributed by atoms with E-state index in [1.807, 2.05) is 13.8 Å². The van der Waals surface area contributed by atoms with Crippen LogP contribution in [-0.4, -0.2) is 27.6 Å². The number of ether oxygens (including phenoxy) is 1. The Labute approximate surface area is 131 Å². The van der Waals surface area contributed by atoms with Crippen LogP contribution in [-0.2, 0) is 10.9 Å². The van der Waals surface area contributed by atoms with Crippen molar-refractivity contribution in [3.05, 3.63) is 41.2 Å². The molecule has 124 valence electrons. The standard InChI is InChI=1S/C15H16F3N3O2/c1-4-23-14(22)12-13(9(2)3)21(20-19-12)11-7-5-10(6-8-11)15(16,17)18/h5-9H,4H2,1-3H3. The maximum atomic E-state index is 12.6. The van der Waals surface area contributed by atoms with Crippen molar-refractivity contribution in [3.63, 3.8) is 0 Å². The first kappa shape index (κ1) is 17.0. The highest BCUT2D eigenvalue weighted by molar-refractivity contribution is 5.88. The fourth-order valence-electron chi connectivity index (χ4n) is 2.13. The summed E-state index contributed by atoms with van der Waals surface area (Å²) in [5.74, 6) is -0.721. The lowest BCUT2D eigenvalue weighted by Crippen LogP contribution is -2.12. The van der Waals surface area contributed by atoms with Gasteiger partial charge in [0.2, 0.25) is 0 Å². The molecule has 1 aromatic carbocycles. The third-order valence-corrected chi connectivity index (χ3v) is 3.16. The van der Waals surface area contributed by atoms with Crippen molar-refractivity contribution in [2.75, 3.05) is 6.61 Å². The molecule has 0 atom stereocenters. The Balaban J connectivity index is 2.45. The summed E-state index contributed by atoms with van der Waals surface area (Å²) < 4.78 is 44.2. The second-order valence-corrected chi connectivity index (χ2v) is 5.15. The molecule has 1 heterocycles. The predicted octanol–water partition coefficient (Wildman–Crippen LogP) is 3.59. The second-order valence-electron chi connectivity index (χ2n) is 5.15. The molecule has 0 aliphatic carbocycles. The SMILES string of the molecule is CCOC(=O)c1nnn(-c2ccc(C(F)(F)F)cc2)c1C(C)C. The van der Waals surface area contributed by atoms with Gasteiger partial charge in [-0.3, -0.25) is 0 Å². The number of carbonyl (C=O) groups excluding carboxylic acids is 1. The average Bonchev–Trinajstić information content (AvgIpc) is 2.92. The number of halogens is 3. The Bertz CT molecular complexity index is 691. The van der Waals surface area contributed by atoms with Crippen LogP contribution in [0.4, 0.5) is 13.2 Å². The summed E-state index contributed by atoms with van der Waals surface area (Å²) >= 11 is 0. The molecule has 0 spiro atoms. The highest BCUT2D eigenvalue weighted by Gasteiger charge is 2.30. The van der Waals surface area contributed by atoms with Crippen molar-refractivity contribution >= 4 is 5.97 Å². The average molecular weight is 327 g/mol. The third kappa shape index (κ3) is 3.52. The molecule has 5 nitrogen and oxygen atoms in total. The Morgan fingerprint density at radius 2 is 1.87 bits per heavy atom. The summed E-state index contributed by atoms with van der Waals surface area (Å²) in [5.41, 5.74) is 0.202. The molecule has 0 unspecified atom stereocenters. The first-order valence-electron chi connectivity index (χ1n) is 7.06. The van der Waals surface area contributed by atoms with Gasteiger partial charge in [-0.1, -0.05) is 19.1 Å². The third-order valence-electron chi connectivity index (χ3n) is 3.16. The number of aromatic nitrogens is 3. The van der Waals surface area contributed by atoms with Gasteiger partial charge in [0.15, 0.2) is 5.69 Å². The number of rotatable bonds is 4. The van der Waals surface area contributed by atoms with E-state index in [4.69, 9.17) is 4.74 Å². The summed E-state index contributed by atoms with van der Waals surface area (Å²) in [6, 6.07) is 4.51. The quantitative estimate of drug-likeness (QED) is 0.805. The minimum Gasteiger partial charge on any atom is -0.461 e. The van der Waals surface area contributed by atoms with E-state index >= 15 is 0 Å². The van der Waals surface area contributed by atoms with Gasteiger partial charge >= 0.3 is 12.1 Å². The first-order chi connectivity index (χ1) is 10.8. The van der Waals surface area contributed by atoms with E-state index in [0.717, 1.165) is 12.1 Å². The van der Waals surface area contributed by atoms with Crippen LogP contribution in [0.5, 0.6) is 0 Å². The molecule has 0 bridgehead atoms. The number of hydrogen-bond acceptors (Lipinski definition) is 4. The summed E-state index contributed by atoms with van der Waals surface area (Å²) in [6.45, 7) is 5.54. The van der Waals surface area contributed by atoms with E-state index < -0.39 is 17.7 Å². The highest BCUT2D eigenvalue weighted by Crippen LogP contribution is 2.30. The number of nitrogens with zero attached hydrogens (tertiary/aromatic N) is 3. The van der Waals surface area contributed by atoms with Crippen LogP contribution in [0.1, 0.15) is 48.4 Å². The Morgan fingerprint density at radius 3 is 2.35 bits per heavy atom. The Morgan fingerprint density at radius 1 is 1.26 bits per heavy atom. The minimum atomic E-state index is -4.40. The van der Waals surface area contributed by atoms with Gasteiger partial charge in [-0.15, -0.1) is 5.10 Å². The number of esters is 1. The number of hydrogen-bond donors (Lipinski definition) is 0. The monoisotopic (exact) mass is 327 g/mol. The van der Waals surface area contributed by atoms with E-state index in [-0.39, 0.29) is 18.2 Å². The van der Waals surface area contributed by atoms with Gasteiger partial charge in [-0.2, -0.15) is 13.2 Å². The van der Waals surface area contributed by atoms with Crippen molar-refractivity contribution in [2.45, 2.75) is 32.9 Å². The minimum absolute atomic E-state index is 0.0711. The summed E-state index contributed by atoms with van der Waals surface area (Å²) in [6.07, 6.45) is -4.40. The maximum Gasteiger partial charge on any atom is 0.416 e. The molecule has 0 amide bonds. The molecule has 8 heteroatoms. The van der Waals surface area contributed by atoms with E-state index in [2.05, 4.69) is 10.3 Å². The molecule has 0 fully saturated rings. The smallest absolute Gasteiger partial charge is 0.416 e. The second kappa shape index (κ2) is 6.39. The largest absolute Gasteiger partial charge is 0.461 e. The van der Waals surface area contributed by atoms with Gasteiger partial charge in [-0.05, 0) is 37.1 Å². The van der Waals surface area contributed by atoms with Crippen LogP contribution in [0.2, 0.25) is 0 Å². The van der Waals surface area contributed by atoms with Gasteiger partial charge in [0.1, 0.15) is 0 Å². The Kier molecular flexibility index (Phi) is 4.72. The van der Waals surface area contributed by atoms with Crippen molar-refractivity contribution < 1.29 is 22.7 Å². The zero-order valence-corrected chi connectivity index (χ0v) is 12.9. The molecule has 0 saturated heterocycles. The van der Waals surface area contributed by atoms with E-state index in [1.165, 1.54) is 16.8 Å². The van der Waals surface area contributed by atoms with Crippen LogP contribution in [0, 0.1) is 0 Å². The summed E-state index contributed by atoms with van der Waals surface area (Å²) in [5, 5.41) is 7.71. The van der Waals surface area contributed by atoms with Gasteiger partial charge in [0, 0.05) is 0 Å². The fourth-order valence-corrected chi connectivity index (χ4v) is 2.13. The molecule has 0 radical (unpaired) electrons. The zero-order valence-electron chi connectivity index (χ0n) is 12.9. The normalized spacial score (nSPS) is 11.8. The van der Waals surface area contributed by atoms with Crippen LogP contribution in [0.15, 0.2) is 24.3 Å². The van der Waals surface area contributed by atoms with Gasteiger partial charge in [0.05, 0.1) is 23.6 Å². The summed E-state index contributed by atoms with van der Waals surface area (Å²) in [7, 11) is 0. The van der Waals surface area contributed by atoms with Gasteiger partial charge in [-0.25, -0.2) is 9.48 Å². The van der Waals surface area contributed by atoms with Crippen molar-refractivity contribution in [2.24, 2.45) is 0 Å². The molecule has 23 heavy (non-hydrogen) atoms. The van der Waals surface area contributed by atoms with Crippen LogP contribution in [0.3, 0.4) is 0 Å². The number of benzene rings is 1. The van der Waals surface area contributed by atoms with E-state index in [0.29, 0.717) is 11.4 Å². The molecular weight excluding hydrogens is 311 g/mol. The summed E-state index contributed by atoms with van der Waals surface area (Å²) in [4.78, 5) is 11.9. The fraction of sp³-hybridized carbons (Fsp3) is 0.400. The van der Waals surface area contributed by atoms with Crippen LogP contribution < -0.4 is 0 Å². The molecule has 1 aromatic heterocycles. The molecule has 0 N–H and O–H groups in total. The van der Waals surface area contributed by atoms with Crippen molar-refractivity contribution in [1.82, 2.24) is 15.0 Å². The Hall–Kier alpha value is -2.38. The molecular formula is C15H16F3N3O2. The number of carbonyl (C=O) groups is 1. The number of alkyl halides is 3. The van der Waals surface area contributed by atoms with E-state index in [9.17, 15) is 18.0 Å². The highest BCUT2D eigenvalue weighted by atomic mass is 19.4. The van der Waals surface area contributed by atoms with E-state index in [1.54, 1.807) is 6.92 Å². The van der Waals surface area contributed by atoms with Gasteiger partial charge < -0.3 is 4.74 Å².